The molecule has 0 heterocycles. The van der Waals surface area contributed by atoms with Crippen molar-refractivity contribution in [2.45, 2.75) is 13.3 Å². The molecule has 1 aromatic carbocycles. The van der Waals surface area contributed by atoms with Crippen molar-refractivity contribution in [3.63, 3.8) is 0 Å². The molecule has 0 aromatic heterocycles. The van der Waals surface area contributed by atoms with Gasteiger partial charge in [-0.1, -0.05) is 6.07 Å². The van der Waals surface area contributed by atoms with Crippen LogP contribution in [0.2, 0.25) is 0 Å². The van der Waals surface area contributed by atoms with Crippen molar-refractivity contribution in [2.75, 3.05) is 0 Å². The Morgan fingerprint density at radius 3 is 2.67 bits per heavy atom. The highest BCUT2D eigenvalue weighted by Gasteiger charge is 1.98. The molecule has 0 fully saturated rings. The molecule has 1 aromatic rings. The van der Waals surface area contributed by atoms with Gasteiger partial charge >= 0.3 is 0 Å². The number of halogens is 1. The summed E-state index contributed by atoms with van der Waals surface area (Å²) in [5, 5.41) is 7.03. The van der Waals surface area contributed by atoms with Crippen molar-refractivity contribution in [1.82, 2.24) is 0 Å². The molecule has 64 valence electrons. The Labute approximate surface area is 70.7 Å². The van der Waals surface area contributed by atoms with E-state index in [0.717, 1.165) is 11.1 Å². The van der Waals surface area contributed by atoms with Crippen LogP contribution in [0.4, 0.5) is 4.39 Å². The molecule has 0 saturated carbocycles. The third kappa shape index (κ3) is 2.34. The van der Waals surface area contributed by atoms with Crippen molar-refractivity contribution in [3.8, 4) is 0 Å². The Bertz CT molecular complexity index is 287. The SMILES string of the molecule is Cc1cc(F)cc(CC(=N)N)c1. The van der Waals surface area contributed by atoms with E-state index in [2.05, 4.69) is 0 Å². The number of rotatable bonds is 2. The summed E-state index contributed by atoms with van der Waals surface area (Å²) in [7, 11) is 0. The molecule has 0 aliphatic rings. The Balaban J connectivity index is 2.93. The van der Waals surface area contributed by atoms with Crippen molar-refractivity contribution < 1.29 is 4.39 Å². The fourth-order valence-electron chi connectivity index (χ4n) is 1.13. The van der Waals surface area contributed by atoms with Crippen LogP contribution >= 0.6 is 0 Å². The van der Waals surface area contributed by atoms with Crippen molar-refractivity contribution in [2.24, 2.45) is 5.73 Å². The van der Waals surface area contributed by atoms with E-state index in [1.54, 1.807) is 0 Å². The fourth-order valence-corrected chi connectivity index (χ4v) is 1.13. The van der Waals surface area contributed by atoms with Gasteiger partial charge in [0.15, 0.2) is 0 Å². The summed E-state index contributed by atoms with van der Waals surface area (Å²) in [6.07, 6.45) is 0.318. The first-order valence-corrected chi connectivity index (χ1v) is 3.67. The third-order valence-electron chi connectivity index (χ3n) is 1.50. The van der Waals surface area contributed by atoms with Gasteiger partial charge in [-0.05, 0) is 30.2 Å². The van der Waals surface area contributed by atoms with E-state index in [0.29, 0.717) is 6.42 Å². The summed E-state index contributed by atoms with van der Waals surface area (Å²) in [5.41, 5.74) is 6.79. The van der Waals surface area contributed by atoms with Crippen LogP contribution in [-0.2, 0) is 6.42 Å². The summed E-state index contributed by atoms with van der Waals surface area (Å²) in [5.74, 6) is -0.216. The van der Waals surface area contributed by atoms with Gasteiger partial charge in [0.2, 0.25) is 0 Å². The van der Waals surface area contributed by atoms with Crippen molar-refractivity contribution >= 4 is 5.84 Å². The van der Waals surface area contributed by atoms with E-state index in [1.165, 1.54) is 12.1 Å². The quantitative estimate of drug-likeness (QED) is 0.509. The minimum Gasteiger partial charge on any atom is -0.387 e. The van der Waals surface area contributed by atoms with E-state index in [4.69, 9.17) is 11.1 Å². The average molecular weight is 166 g/mol. The monoisotopic (exact) mass is 166 g/mol. The third-order valence-corrected chi connectivity index (χ3v) is 1.50. The second-order valence-electron chi connectivity index (χ2n) is 2.84. The van der Waals surface area contributed by atoms with E-state index < -0.39 is 0 Å². The number of amidine groups is 1. The normalized spacial score (nSPS) is 9.83. The van der Waals surface area contributed by atoms with Gasteiger partial charge in [0, 0.05) is 6.42 Å². The zero-order valence-electron chi connectivity index (χ0n) is 6.89. The minimum absolute atomic E-state index is 0.0556. The van der Waals surface area contributed by atoms with Crippen LogP contribution in [0.3, 0.4) is 0 Å². The lowest BCUT2D eigenvalue weighted by Crippen LogP contribution is -2.12. The Morgan fingerprint density at radius 2 is 2.17 bits per heavy atom. The van der Waals surface area contributed by atoms with E-state index in [-0.39, 0.29) is 11.7 Å². The molecule has 0 aliphatic heterocycles. The number of nitrogens with two attached hydrogens (primary N) is 1. The highest BCUT2D eigenvalue weighted by Crippen LogP contribution is 2.08. The molecule has 0 radical (unpaired) electrons. The molecular weight excluding hydrogens is 155 g/mol. The molecule has 0 aliphatic carbocycles. The maximum atomic E-state index is 12.8. The largest absolute Gasteiger partial charge is 0.387 e. The molecule has 3 heteroatoms. The Morgan fingerprint density at radius 1 is 1.50 bits per heavy atom. The topological polar surface area (TPSA) is 49.9 Å². The lowest BCUT2D eigenvalue weighted by atomic mass is 10.1. The van der Waals surface area contributed by atoms with E-state index in [9.17, 15) is 4.39 Å². The van der Waals surface area contributed by atoms with Gasteiger partial charge in [-0.3, -0.25) is 5.41 Å². The highest BCUT2D eigenvalue weighted by molar-refractivity contribution is 5.79. The first kappa shape index (κ1) is 8.71. The van der Waals surface area contributed by atoms with Gasteiger partial charge in [0.05, 0.1) is 5.84 Å². The zero-order chi connectivity index (χ0) is 9.14. The van der Waals surface area contributed by atoms with Gasteiger partial charge in [-0.15, -0.1) is 0 Å². The molecule has 12 heavy (non-hydrogen) atoms. The summed E-state index contributed by atoms with van der Waals surface area (Å²) < 4.78 is 12.8. The van der Waals surface area contributed by atoms with E-state index >= 15 is 0 Å². The molecule has 0 saturated heterocycles. The lowest BCUT2D eigenvalue weighted by molar-refractivity contribution is 0.625. The van der Waals surface area contributed by atoms with Crippen molar-refractivity contribution in [1.29, 1.82) is 5.41 Å². The molecule has 0 unspecified atom stereocenters. The number of nitrogens with one attached hydrogen (secondary N) is 1. The Hall–Kier alpha value is -1.38. The van der Waals surface area contributed by atoms with Gasteiger partial charge in [-0.2, -0.15) is 0 Å². The van der Waals surface area contributed by atoms with Gasteiger partial charge in [0.25, 0.3) is 0 Å². The molecule has 2 nitrogen and oxygen atoms in total. The van der Waals surface area contributed by atoms with Crippen LogP contribution in [0.25, 0.3) is 0 Å². The molecule has 3 N–H and O–H groups in total. The Kier molecular flexibility index (Phi) is 2.43. The zero-order valence-corrected chi connectivity index (χ0v) is 6.89. The van der Waals surface area contributed by atoms with Crippen LogP contribution in [0.1, 0.15) is 11.1 Å². The predicted molar refractivity (Wildman–Crippen MR) is 46.8 cm³/mol. The maximum absolute atomic E-state index is 12.8. The fraction of sp³-hybridized carbons (Fsp3) is 0.222. The van der Waals surface area contributed by atoms with Crippen LogP contribution < -0.4 is 5.73 Å². The summed E-state index contributed by atoms with van der Waals surface area (Å²) in [4.78, 5) is 0. The number of benzene rings is 1. The summed E-state index contributed by atoms with van der Waals surface area (Å²) >= 11 is 0. The molecule has 0 amide bonds. The first-order valence-electron chi connectivity index (χ1n) is 3.67. The number of aryl methyl sites for hydroxylation is 1. The van der Waals surface area contributed by atoms with Crippen molar-refractivity contribution in [3.05, 3.63) is 35.1 Å². The summed E-state index contributed by atoms with van der Waals surface area (Å²) in [6.45, 7) is 1.81. The number of hydrogen-bond acceptors (Lipinski definition) is 1. The molecule has 0 atom stereocenters. The average Bonchev–Trinajstić information content (AvgIpc) is 1.81. The molecular formula is C9H11FN2. The van der Waals surface area contributed by atoms with Gasteiger partial charge < -0.3 is 5.73 Å². The van der Waals surface area contributed by atoms with Gasteiger partial charge in [0.1, 0.15) is 5.82 Å². The number of hydrogen-bond donors (Lipinski definition) is 2. The second kappa shape index (κ2) is 3.34. The lowest BCUT2D eigenvalue weighted by Gasteiger charge is -2.01. The van der Waals surface area contributed by atoms with E-state index in [1.807, 2.05) is 13.0 Å². The second-order valence-corrected chi connectivity index (χ2v) is 2.84. The first-order chi connectivity index (χ1) is 5.58. The highest BCUT2D eigenvalue weighted by atomic mass is 19.1. The minimum atomic E-state index is -0.272. The molecule has 0 spiro atoms. The smallest absolute Gasteiger partial charge is 0.123 e. The predicted octanol–water partition coefficient (Wildman–Crippen LogP) is 1.61. The van der Waals surface area contributed by atoms with Crippen LogP contribution in [-0.4, -0.2) is 5.84 Å². The van der Waals surface area contributed by atoms with Gasteiger partial charge in [-0.25, -0.2) is 4.39 Å². The molecule has 1 rings (SSSR count). The van der Waals surface area contributed by atoms with Crippen LogP contribution in [0.15, 0.2) is 18.2 Å². The van der Waals surface area contributed by atoms with Crippen LogP contribution in [0, 0.1) is 18.2 Å². The standard InChI is InChI=1S/C9H11FN2/c1-6-2-7(5-9(11)12)4-8(10)3-6/h2-4H,5H2,1H3,(H3,11,12). The molecule has 0 bridgehead atoms. The maximum Gasteiger partial charge on any atom is 0.123 e. The summed E-state index contributed by atoms with van der Waals surface area (Å²) in [6, 6.07) is 4.67. The van der Waals surface area contributed by atoms with Crippen LogP contribution in [0.5, 0.6) is 0 Å².